The molecule has 9 heteroatoms. The fourth-order valence-electron chi connectivity index (χ4n) is 1.37. The van der Waals surface area contributed by atoms with E-state index in [4.69, 9.17) is 5.73 Å². The molecule has 0 unspecified atom stereocenters. The van der Waals surface area contributed by atoms with Crippen molar-refractivity contribution >= 4 is 32.9 Å². The van der Waals surface area contributed by atoms with Gasteiger partial charge in [0.25, 0.3) is 0 Å². The van der Waals surface area contributed by atoms with Crippen LogP contribution in [0.4, 0.5) is 14.5 Å². The molecule has 1 aromatic carbocycles. The molecule has 0 spiro atoms. The SMILES string of the molecule is CN(C)S(=O)(=O)CCNc1ccc(C(N)=S)c(F)c1F. The van der Waals surface area contributed by atoms with Crippen molar-refractivity contribution in [3.63, 3.8) is 0 Å². The Kier molecular flexibility index (Phi) is 5.37. The van der Waals surface area contributed by atoms with Crippen LogP contribution in [0, 0.1) is 11.6 Å². The Bertz CT molecular complexity index is 618. The average Bonchev–Trinajstić information content (AvgIpc) is 2.33. The molecule has 0 heterocycles. The van der Waals surface area contributed by atoms with Gasteiger partial charge < -0.3 is 11.1 Å². The predicted molar refractivity (Wildman–Crippen MR) is 78.2 cm³/mol. The van der Waals surface area contributed by atoms with Crippen molar-refractivity contribution in [2.75, 3.05) is 31.7 Å². The van der Waals surface area contributed by atoms with Crippen LogP contribution in [0.2, 0.25) is 0 Å². The number of nitrogens with one attached hydrogen (secondary N) is 1. The van der Waals surface area contributed by atoms with Gasteiger partial charge in [-0.3, -0.25) is 0 Å². The van der Waals surface area contributed by atoms with Gasteiger partial charge in [-0.2, -0.15) is 0 Å². The Morgan fingerprint density at radius 2 is 1.95 bits per heavy atom. The summed E-state index contributed by atoms with van der Waals surface area (Å²) >= 11 is 4.58. The zero-order valence-electron chi connectivity index (χ0n) is 11.0. The molecule has 0 aromatic heterocycles. The number of benzene rings is 1. The minimum atomic E-state index is -3.40. The Balaban J connectivity index is 2.81. The molecule has 0 aliphatic carbocycles. The number of nitrogens with two attached hydrogens (primary N) is 1. The standard InChI is InChI=1S/C11H15F2N3O2S2/c1-16(2)20(17,18)6-5-15-8-4-3-7(11(14)19)9(12)10(8)13/h3-4,15H,5-6H2,1-2H3,(H2,14,19). The lowest BCUT2D eigenvalue weighted by molar-refractivity contribution is 0.509. The summed E-state index contributed by atoms with van der Waals surface area (Å²) < 4.78 is 51.3. The van der Waals surface area contributed by atoms with Crippen LogP contribution in [-0.4, -0.2) is 44.1 Å². The van der Waals surface area contributed by atoms with Gasteiger partial charge in [-0.05, 0) is 12.1 Å². The van der Waals surface area contributed by atoms with Gasteiger partial charge in [-0.1, -0.05) is 12.2 Å². The number of sulfonamides is 1. The summed E-state index contributed by atoms with van der Waals surface area (Å²) in [5, 5.41) is 2.53. The summed E-state index contributed by atoms with van der Waals surface area (Å²) in [5.74, 6) is -2.53. The summed E-state index contributed by atoms with van der Waals surface area (Å²) in [5.41, 5.74) is 4.91. The quantitative estimate of drug-likeness (QED) is 0.761. The first-order valence-corrected chi connectivity index (χ1v) is 7.60. The first kappa shape index (κ1) is 16.7. The maximum absolute atomic E-state index is 13.7. The molecule has 0 amide bonds. The molecule has 20 heavy (non-hydrogen) atoms. The van der Waals surface area contributed by atoms with Crippen LogP contribution in [0.5, 0.6) is 0 Å². The number of hydrogen-bond acceptors (Lipinski definition) is 4. The highest BCUT2D eigenvalue weighted by Crippen LogP contribution is 2.20. The van der Waals surface area contributed by atoms with Gasteiger partial charge in [0.2, 0.25) is 10.0 Å². The lowest BCUT2D eigenvalue weighted by Crippen LogP contribution is -2.28. The van der Waals surface area contributed by atoms with E-state index in [1.807, 2.05) is 0 Å². The molecule has 0 atom stereocenters. The average molecular weight is 323 g/mol. The Morgan fingerprint density at radius 3 is 2.45 bits per heavy atom. The van der Waals surface area contributed by atoms with Crippen molar-refractivity contribution in [3.8, 4) is 0 Å². The topological polar surface area (TPSA) is 75.4 Å². The summed E-state index contributed by atoms with van der Waals surface area (Å²) in [6.45, 7) is -0.0523. The first-order chi connectivity index (χ1) is 9.16. The van der Waals surface area contributed by atoms with Crippen LogP contribution in [0.25, 0.3) is 0 Å². The normalized spacial score (nSPS) is 11.7. The van der Waals surface area contributed by atoms with E-state index in [-0.39, 0.29) is 28.5 Å². The van der Waals surface area contributed by atoms with Crippen LogP contribution in [0.15, 0.2) is 12.1 Å². The van der Waals surface area contributed by atoms with Gasteiger partial charge in [-0.15, -0.1) is 0 Å². The van der Waals surface area contributed by atoms with Gasteiger partial charge in [0.15, 0.2) is 11.6 Å². The molecule has 0 saturated heterocycles. The van der Waals surface area contributed by atoms with Crippen LogP contribution in [0.3, 0.4) is 0 Å². The lowest BCUT2D eigenvalue weighted by atomic mass is 10.2. The molecule has 0 bridgehead atoms. The van der Waals surface area contributed by atoms with Crippen LogP contribution in [0.1, 0.15) is 5.56 Å². The summed E-state index contributed by atoms with van der Waals surface area (Å²) in [4.78, 5) is -0.247. The predicted octanol–water partition coefficient (Wildman–Crippen LogP) is 0.902. The highest BCUT2D eigenvalue weighted by atomic mass is 32.2. The Morgan fingerprint density at radius 1 is 1.35 bits per heavy atom. The van der Waals surface area contributed by atoms with Gasteiger partial charge in [0.1, 0.15) is 4.99 Å². The Labute approximate surface area is 121 Å². The van der Waals surface area contributed by atoms with Crippen molar-refractivity contribution in [1.82, 2.24) is 4.31 Å². The molecule has 1 aromatic rings. The molecule has 0 saturated carbocycles. The molecule has 0 aliphatic rings. The van der Waals surface area contributed by atoms with Crippen molar-refractivity contribution in [1.29, 1.82) is 0 Å². The molecule has 112 valence electrons. The molecule has 0 fully saturated rings. The van der Waals surface area contributed by atoms with Gasteiger partial charge in [-0.25, -0.2) is 21.5 Å². The second-order valence-corrected chi connectivity index (χ2v) is 6.92. The van der Waals surface area contributed by atoms with E-state index in [1.165, 1.54) is 26.2 Å². The molecule has 0 radical (unpaired) electrons. The van der Waals surface area contributed by atoms with Crippen molar-refractivity contribution < 1.29 is 17.2 Å². The highest BCUT2D eigenvalue weighted by Gasteiger charge is 2.16. The van der Waals surface area contributed by atoms with Crippen LogP contribution >= 0.6 is 12.2 Å². The summed E-state index contributed by atoms with van der Waals surface area (Å²) in [6, 6.07) is 2.50. The molecule has 1 rings (SSSR count). The van der Waals surface area contributed by atoms with Crippen molar-refractivity contribution in [2.24, 2.45) is 5.73 Å². The van der Waals surface area contributed by atoms with E-state index < -0.39 is 21.7 Å². The minimum absolute atomic E-state index is 0.0523. The van der Waals surface area contributed by atoms with Crippen molar-refractivity contribution in [2.45, 2.75) is 0 Å². The molecule has 3 N–H and O–H groups in total. The molecular formula is C11H15F2N3O2S2. The first-order valence-electron chi connectivity index (χ1n) is 5.58. The van der Waals surface area contributed by atoms with Gasteiger partial charge in [0.05, 0.1) is 11.4 Å². The molecule has 0 aliphatic heterocycles. The second kappa shape index (κ2) is 6.42. The van der Waals surface area contributed by atoms with Gasteiger partial charge >= 0.3 is 0 Å². The van der Waals surface area contributed by atoms with Gasteiger partial charge in [0, 0.05) is 26.2 Å². The van der Waals surface area contributed by atoms with E-state index in [2.05, 4.69) is 17.5 Å². The number of halogens is 2. The van der Waals surface area contributed by atoms with E-state index in [0.717, 1.165) is 4.31 Å². The Hall–Kier alpha value is -1.32. The lowest BCUT2D eigenvalue weighted by Gasteiger charge is -2.13. The fourth-order valence-corrected chi connectivity index (χ4v) is 2.26. The van der Waals surface area contributed by atoms with E-state index in [9.17, 15) is 17.2 Å². The number of thiocarbonyl (C=S) groups is 1. The van der Waals surface area contributed by atoms with E-state index >= 15 is 0 Å². The summed E-state index contributed by atoms with van der Waals surface area (Å²) in [6.07, 6.45) is 0. The minimum Gasteiger partial charge on any atom is -0.389 e. The van der Waals surface area contributed by atoms with Crippen LogP contribution in [-0.2, 0) is 10.0 Å². The molecule has 5 nitrogen and oxygen atoms in total. The smallest absolute Gasteiger partial charge is 0.215 e. The third-order valence-corrected chi connectivity index (χ3v) is 4.63. The van der Waals surface area contributed by atoms with E-state index in [1.54, 1.807) is 0 Å². The zero-order chi connectivity index (χ0) is 15.5. The monoisotopic (exact) mass is 323 g/mol. The number of rotatable bonds is 6. The van der Waals surface area contributed by atoms with Crippen molar-refractivity contribution in [3.05, 3.63) is 29.3 Å². The number of nitrogens with zero attached hydrogens (tertiary/aromatic N) is 1. The maximum Gasteiger partial charge on any atom is 0.215 e. The summed E-state index contributed by atoms with van der Waals surface area (Å²) in [7, 11) is -0.608. The second-order valence-electron chi connectivity index (χ2n) is 4.18. The largest absolute Gasteiger partial charge is 0.389 e. The third kappa shape index (κ3) is 3.84. The maximum atomic E-state index is 13.7. The highest BCUT2D eigenvalue weighted by molar-refractivity contribution is 7.89. The number of hydrogen-bond donors (Lipinski definition) is 2. The number of anilines is 1. The molecular weight excluding hydrogens is 308 g/mol. The van der Waals surface area contributed by atoms with E-state index in [0.29, 0.717) is 0 Å². The third-order valence-electron chi connectivity index (χ3n) is 2.58. The van der Waals surface area contributed by atoms with Crippen LogP contribution < -0.4 is 11.1 Å². The fraction of sp³-hybridized carbons (Fsp3) is 0.364. The zero-order valence-corrected chi connectivity index (χ0v) is 12.6.